The number of ether oxygens (including phenoxy) is 2. The van der Waals surface area contributed by atoms with Crippen LogP contribution in [-0.2, 0) is 12.8 Å². The Bertz CT molecular complexity index is 525. The second-order valence-electron chi connectivity index (χ2n) is 5.96. The van der Waals surface area contributed by atoms with Crippen molar-refractivity contribution in [3.05, 3.63) is 17.2 Å². The molecule has 0 unspecified atom stereocenters. The number of rotatable bonds is 11. The molecule has 1 rings (SSSR count). The molecule has 0 amide bonds. The Hall–Kier alpha value is -1.91. The van der Waals surface area contributed by atoms with Crippen molar-refractivity contribution in [1.29, 1.82) is 0 Å². The van der Waals surface area contributed by atoms with Crippen LogP contribution in [0.1, 0.15) is 70.4 Å². The summed E-state index contributed by atoms with van der Waals surface area (Å²) in [6.07, 6.45) is 5.92. The molecular formula is C19H30O5. The zero-order chi connectivity index (χ0) is 17.9. The summed E-state index contributed by atoms with van der Waals surface area (Å²) in [5.74, 6) is 0.525. The van der Waals surface area contributed by atoms with Crippen molar-refractivity contribution in [3.63, 3.8) is 0 Å². The molecule has 136 valence electrons. The molecule has 0 heterocycles. The van der Waals surface area contributed by atoms with Gasteiger partial charge in [0, 0.05) is 17.2 Å². The van der Waals surface area contributed by atoms with E-state index in [9.17, 15) is 9.90 Å². The first-order valence-corrected chi connectivity index (χ1v) is 8.96. The molecule has 0 fully saturated rings. The number of phenols is 1. The molecule has 24 heavy (non-hydrogen) atoms. The van der Waals surface area contributed by atoms with E-state index in [1.54, 1.807) is 0 Å². The van der Waals surface area contributed by atoms with E-state index in [2.05, 4.69) is 20.8 Å². The monoisotopic (exact) mass is 338 g/mol. The summed E-state index contributed by atoms with van der Waals surface area (Å²) in [5.41, 5.74) is 1.74. The normalized spacial score (nSPS) is 10.6. The Labute approximate surface area is 144 Å². The SMILES string of the molecule is CCCCOc1cc(OC(=O)O)c(O)c(CCCC)c1CCCC. The molecular weight excluding hydrogens is 308 g/mol. The minimum atomic E-state index is -1.44. The largest absolute Gasteiger partial charge is 0.511 e. The van der Waals surface area contributed by atoms with Crippen LogP contribution in [0.3, 0.4) is 0 Å². The summed E-state index contributed by atoms with van der Waals surface area (Å²) in [6, 6.07) is 1.51. The van der Waals surface area contributed by atoms with E-state index in [0.29, 0.717) is 18.8 Å². The molecule has 0 aliphatic heterocycles. The Morgan fingerprint density at radius 2 is 1.54 bits per heavy atom. The van der Waals surface area contributed by atoms with E-state index in [-0.39, 0.29) is 11.5 Å². The maximum Gasteiger partial charge on any atom is 0.511 e. The number of carboxylic acid groups (broad SMARTS) is 1. The zero-order valence-corrected chi connectivity index (χ0v) is 15.1. The van der Waals surface area contributed by atoms with E-state index < -0.39 is 6.16 Å². The van der Waals surface area contributed by atoms with E-state index in [4.69, 9.17) is 14.6 Å². The highest BCUT2D eigenvalue weighted by Crippen LogP contribution is 2.40. The Morgan fingerprint density at radius 1 is 0.958 bits per heavy atom. The number of aromatic hydroxyl groups is 1. The Morgan fingerprint density at radius 3 is 2.08 bits per heavy atom. The second kappa shape index (κ2) is 10.8. The van der Waals surface area contributed by atoms with Gasteiger partial charge in [0.1, 0.15) is 5.75 Å². The summed E-state index contributed by atoms with van der Waals surface area (Å²) >= 11 is 0. The topological polar surface area (TPSA) is 76.0 Å². The smallest absolute Gasteiger partial charge is 0.504 e. The minimum Gasteiger partial charge on any atom is -0.504 e. The van der Waals surface area contributed by atoms with Crippen LogP contribution in [0.2, 0.25) is 0 Å². The van der Waals surface area contributed by atoms with Gasteiger partial charge in [0.05, 0.1) is 6.61 Å². The first-order valence-electron chi connectivity index (χ1n) is 8.96. The minimum absolute atomic E-state index is 0.0413. The number of phenolic OH excluding ortho intramolecular Hbond substituents is 1. The van der Waals surface area contributed by atoms with Crippen LogP contribution in [0, 0.1) is 0 Å². The van der Waals surface area contributed by atoms with Gasteiger partial charge in [-0.05, 0) is 32.1 Å². The van der Waals surface area contributed by atoms with E-state index >= 15 is 0 Å². The molecule has 0 aromatic heterocycles. The van der Waals surface area contributed by atoms with Crippen molar-refractivity contribution < 1.29 is 24.5 Å². The lowest BCUT2D eigenvalue weighted by Crippen LogP contribution is -2.08. The van der Waals surface area contributed by atoms with Gasteiger partial charge in [0.15, 0.2) is 11.5 Å². The van der Waals surface area contributed by atoms with Gasteiger partial charge < -0.3 is 19.7 Å². The highest BCUT2D eigenvalue weighted by molar-refractivity contribution is 5.66. The zero-order valence-electron chi connectivity index (χ0n) is 15.1. The molecule has 0 spiro atoms. The van der Waals surface area contributed by atoms with Crippen molar-refractivity contribution in [3.8, 4) is 17.2 Å². The molecule has 0 atom stereocenters. The Balaban J connectivity index is 3.28. The predicted molar refractivity (Wildman–Crippen MR) is 94.4 cm³/mol. The number of benzene rings is 1. The molecule has 0 saturated carbocycles. The lowest BCUT2D eigenvalue weighted by atomic mass is 9.95. The highest BCUT2D eigenvalue weighted by atomic mass is 16.7. The molecule has 5 heteroatoms. The predicted octanol–water partition coefficient (Wildman–Crippen LogP) is 5.31. The molecule has 1 aromatic rings. The van der Waals surface area contributed by atoms with Crippen LogP contribution in [-0.4, -0.2) is 23.0 Å². The molecule has 0 aliphatic carbocycles. The van der Waals surface area contributed by atoms with Gasteiger partial charge in [-0.3, -0.25) is 0 Å². The van der Waals surface area contributed by atoms with E-state index in [0.717, 1.165) is 56.1 Å². The molecule has 5 nitrogen and oxygen atoms in total. The van der Waals surface area contributed by atoms with Crippen molar-refractivity contribution in [2.24, 2.45) is 0 Å². The third kappa shape index (κ3) is 5.95. The van der Waals surface area contributed by atoms with Crippen molar-refractivity contribution in [2.75, 3.05) is 6.61 Å². The highest BCUT2D eigenvalue weighted by Gasteiger charge is 2.20. The maximum atomic E-state index is 10.9. The maximum absolute atomic E-state index is 10.9. The molecule has 0 bridgehead atoms. The van der Waals surface area contributed by atoms with Gasteiger partial charge in [0.2, 0.25) is 0 Å². The fraction of sp³-hybridized carbons (Fsp3) is 0.632. The summed E-state index contributed by atoms with van der Waals surface area (Å²) in [7, 11) is 0. The average molecular weight is 338 g/mol. The fourth-order valence-electron chi connectivity index (χ4n) is 2.59. The molecule has 1 aromatic carbocycles. The van der Waals surface area contributed by atoms with E-state index in [1.165, 1.54) is 6.07 Å². The standard InChI is InChI=1S/C19H30O5/c1-4-7-10-14-15(11-8-5-2)18(20)17(24-19(21)22)13-16(14)23-12-9-6-3/h13,20H,4-12H2,1-3H3,(H,21,22). The van der Waals surface area contributed by atoms with E-state index in [1.807, 2.05) is 0 Å². The van der Waals surface area contributed by atoms with Crippen LogP contribution in [0.25, 0.3) is 0 Å². The number of unbranched alkanes of at least 4 members (excludes halogenated alkanes) is 3. The van der Waals surface area contributed by atoms with Gasteiger partial charge in [-0.2, -0.15) is 0 Å². The first-order chi connectivity index (χ1) is 11.5. The number of carbonyl (C=O) groups is 1. The quantitative estimate of drug-likeness (QED) is 0.325. The third-order valence-corrected chi connectivity index (χ3v) is 3.96. The molecule has 0 saturated heterocycles. The van der Waals surface area contributed by atoms with Gasteiger partial charge in [-0.25, -0.2) is 4.79 Å². The molecule has 2 N–H and O–H groups in total. The lowest BCUT2D eigenvalue weighted by Gasteiger charge is -2.19. The van der Waals surface area contributed by atoms with Crippen molar-refractivity contribution in [1.82, 2.24) is 0 Å². The summed E-state index contributed by atoms with van der Waals surface area (Å²) in [6.45, 7) is 6.86. The van der Waals surface area contributed by atoms with Crippen LogP contribution in [0.5, 0.6) is 17.2 Å². The van der Waals surface area contributed by atoms with Gasteiger partial charge in [0.25, 0.3) is 0 Å². The van der Waals surface area contributed by atoms with Crippen LogP contribution in [0.4, 0.5) is 4.79 Å². The van der Waals surface area contributed by atoms with Crippen molar-refractivity contribution >= 4 is 6.16 Å². The molecule has 0 aliphatic rings. The van der Waals surface area contributed by atoms with Gasteiger partial charge in [-0.1, -0.05) is 40.0 Å². The lowest BCUT2D eigenvalue weighted by molar-refractivity contribution is 0.142. The average Bonchev–Trinajstić information content (AvgIpc) is 2.54. The second-order valence-corrected chi connectivity index (χ2v) is 5.96. The van der Waals surface area contributed by atoms with Crippen molar-refractivity contribution in [2.45, 2.75) is 72.1 Å². The van der Waals surface area contributed by atoms with Gasteiger partial charge >= 0.3 is 6.16 Å². The first kappa shape index (κ1) is 20.1. The summed E-state index contributed by atoms with van der Waals surface area (Å²) in [4.78, 5) is 10.9. The van der Waals surface area contributed by atoms with Gasteiger partial charge in [-0.15, -0.1) is 0 Å². The number of hydrogen-bond acceptors (Lipinski definition) is 4. The summed E-state index contributed by atoms with van der Waals surface area (Å²) < 4.78 is 10.6. The summed E-state index contributed by atoms with van der Waals surface area (Å²) in [5, 5.41) is 19.4. The third-order valence-electron chi connectivity index (χ3n) is 3.96. The molecule has 0 radical (unpaired) electrons. The van der Waals surface area contributed by atoms with Crippen LogP contribution < -0.4 is 9.47 Å². The van der Waals surface area contributed by atoms with Crippen LogP contribution in [0.15, 0.2) is 6.07 Å². The number of hydrogen-bond donors (Lipinski definition) is 2. The Kier molecular flexibility index (Phi) is 9.05. The van der Waals surface area contributed by atoms with Crippen LogP contribution >= 0.6 is 0 Å². The fourth-order valence-corrected chi connectivity index (χ4v) is 2.59.